The van der Waals surface area contributed by atoms with Crippen LogP contribution in [0.3, 0.4) is 0 Å². The number of benzene rings is 2. The van der Waals surface area contributed by atoms with E-state index in [4.69, 9.17) is 9.47 Å². The molecule has 0 spiro atoms. The van der Waals surface area contributed by atoms with E-state index >= 15 is 0 Å². The van der Waals surface area contributed by atoms with Gasteiger partial charge in [0.1, 0.15) is 5.75 Å². The van der Waals surface area contributed by atoms with Crippen molar-refractivity contribution in [3.05, 3.63) is 53.6 Å². The second-order valence-corrected chi connectivity index (χ2v) is 5.88. The molecule has 2 N–H and O–H groups in total. The molecule has 0 saturated heterocycles. The summed E-state index contributed by atoms with van der Waals surface area (Å²) in [4.78, 5) is 6.73. The summed E-state index contributed by atoms with van der Waals surface area (Å²) in [5, 5.41) is 13.2. The number of hydrogen-bond donors (Lipinski definition) is 2. The Morgan fingerprint density at radius 1 is 1.08 bits per heavy atom. The maximum absolute atomic E-state index is 9.90. The first kappa shape index (κ1) is 19.4. The average Bonchev–Trinajstić information content (AvgIpc) is 2.65. The predicted molar refractivity (Wildman–Crippen MR) is 104 cm³/mol. The number of methoxy groups -OCH3 is 2. The molecule has 26 heavy (non-hydrogen) atoms. The Morgan fingerprint density at radius 2 is 1.77 bits per heavy atom. The highest BCUT2D eigenvalue weighted by Gasteiger charge is 2.08. The fourth-order valence-corrected chi connectivity index (χ4v) is 2.55. The lowest BCUT2D eigenvalue weighted by Crippen LogP contribution is -2.38. The normalized spacial score (nSPS) is 11.2. The average molecular weight is 357 g/mol. The summed E-state index contributed by atoms with van der Waals surface area (Å²) in [6.45, 7) is 4.01. The minimum absolute atomic E-state index is 0.122. The molecular weight excluding hydrogens is 330 g/mol. The van der Waals surface area contributed by atoms with Gasteiger partial charge in [0.25, 0.3) is 0 Å². The molecule has 6 heteroatoms. The van der Waals surface area contributed by atoms with Crippen molar-refractivity contribution in [2.24, 2.45) is 4.99 Å². The highest BCUT2D eigenvalue weighted by Crippen LogP contribution is 2.26. The molecular formula is C20H27N3O3. The number of phenolic OH excluding ortho intramolecular Hbond substituents is 1. The van der Waals surface area contributed by atoms with Crippen molar-refractivity contribution < 1.29 is 14.6 Å². The van der Waals surface area contributed by atoms with E-state index in [1.807, 2.05) is 44.3 Å². The molecule has 2 aromatic rings. The van der Waals surface area contributed by atoms with E-state index in [1.165, 1.54) is 12.7 Å². The summed E-state index contributed by atoms with van der Waals surface area (Å²) in [6.07, 6.45) is 0. The molecule has 0 bridgehead atoms. The van der Waals surface area contributed by atoms with Gasteiger partial charge in [-0.25, -0.2) is 4.99 Å². The molecule has 140 valence electrons. The minimum atomic E-state index is 0.122. The molecule has 0 aromatic heterocycles. The maximum Gasteiger partial charge on any atom is 0.194 e. The van der Waals surface area contributed by atoms with E-state index in [0.717, 1.165) is 30.4 Å². The topological polar surface area (TPSA) is 66.3 Å². The Bertz CT molecular complexity index is 730. The molecule has 2 aromatic carbocycles. The molecule has 0 radical (unpaired) electrons. The lowest BCUT2D eigenvalue weighted by Gasteiger charge is -2.22. The number of rotatable bonds is 7. The van der Waals surface area contributed by atoms with Crippen LogP contribution in [0.15, 0.2) is 47.5 Å². The Balaban J connectivity index is 2.07. The van der Waals surface area contributed by atoms with E-state index in [0.29, 0.717) is 12.3 Å². The molecule has 0 aliphatic carbocycles. The molecule has 0 aliphatic heterocycles. The van der Waals surface area contributed by atoms with Crippen molar-refractivity contribution in [3.8, 4) is 17.2 Å². The van der Waals surface area contributed by atoms with E-state index in [9.17, 15) is 5.11 Å². The standard InChI is InChI=1S/C20H27N3O3/c1-5-21-20(22-13-16-8-11-19(26-4)18(24)12-16)23(2)14-15-6-9-17(25-3)10-7-15/h6-12,24H,5,13-14H2,1-4H3,(H,21,22). The molecule has 2 rings (SSSR count). The zero-order valence-corrected chi connectivity index (χ0v) is 15.8. The highest BCUT2D eigenvalue weighted by molar-refractivity contribution is 5.79. The quantitative estimate of drug-likeness (QED) is 0.589. The lowest BCUT2D eigenvalue weighted by atomic mass is 10.2. The van der Waals surface area contributed by atoms with Crippen LogP contribution in [0.5, 0.6) is 17.2 Å². The second-order valence-electron chi connectivity index (χ2n) is 5.88. The third-order valence-corrected chi connectivity index (χ3v) is 3.93. The molecule has 0 aliphatic rings. The van der Waals surface area contributed by atoms with Gasteiger partial charge in [-0.05, 0) is 42.3 Å². The van der Waals surface area contributed by atoms with Gasteiger partial charge in [0.05, 0.1) is 20.8 Å². The SMILES string of the molecule is CCNC(=NCc1ccc(OC)c(O)c1)N(C)Cc1ccc(OC)cc1. The summed E-state index contributed by atoms with van der Waals surface area (Å²) in [7, 11) is 5.19. The second kappa shape index (κ2) is 9.56. The first-order valence-corrected chi connectivity index (χ1v) is 8.55. The van der Waals surface area contributed by atoms with Crippen LogP contribution in [-0.2, 0) is 13.1 Å². The largest absolute Gasteiger partial charge is 0.504 e. The van der Waals surface area contributed by atoms with Gasteiger partial charge in [-0.1, -0.05) is 18.2 Å². The first-order valence-electron chi connectivity index (χ1n) is 8.55. The van der Waals surface area contributed by atoms with Crippen molar-refractivity contribution in [2.75, 3.05) is 27.8 Å². The zero-order chi connectivity index (χ0) is 18.9. The van der Waals surface area contributed by atoms with E-state index in [-0.39, 0.29) is 5.75 Å². The zero-order valence-electron chi connectivity index (χ0n) is 15.8. The summed E-state index contributed by atoms with van der Waals surface area (Å²) in [5.74, 6) is 2.23. The van der Waals surface area contributed by atoms with Gasteiger partial charge in [0.2, 0.25) is 0 Å². The van der Waals surface area contributed by atoms with Gasteiger partial charge in [-0.3, -0.25) is 0 Å². The van der Waals surface area contributed by atoms with Gasteiger partial charge in [0, 0.05) is 20.1 Å². The number of nitrogens with zero attached hydrogens (tertiary/aromatic N) is 2. The van der Waals surface area contributed by atoms with Crippen molar-refractivity contribution >= 4 is 5.96 Å². The molecule has 6 nitrogen and oxygen atoms in total. The summed E-state index contributed by atoms with van der Waals surface area (Å²) < 4.78 is 10.3. The summed E-state index contributed by atoms with van der Waals surface area (Å²) in [5.41, 5.74) is 2.08. The number of nitrogens with one attached hydrogen (secondary N) is 1. The van der Waals surface area contributed by atoms with Gasteiger partial charge in [0.15, 0.2) is 17.5 Å². The Kier molecular flexibility index (Phi) is 7.14. The van der Waals surface area contributed by atoms with Crippen LogP contribution in [0.4, 0.5) is 0 Å². The third kappa shape index (κ3) is 5.31. The highest BCUT2D eigenvalue weighted by atomic mass is 16.5. The van der Waals surface area contributed by atoms with Crippen LogP contribution in [0.1, 0.15) is 18.1 Å². The lowest BCUT2D eigenvalue weighted by molar-refractivity contribution is 0.373. The van der Waals surface area contributed by atoms with Crippen molar-refractivity contribution in [1.29, 1.82) is 0 Å². The molecule has 0 atom stereocenters. The van der Waals surface area contributed by atoms with E-state index in [2.05, 4.69) is 15.2 Å². The van der Waals surface area contributed by atoms with Gasteiger partial charge in [-0.2, -0.15) is 0 Å². The number of phenols is 1. The molecule has 0 amide bonds. The van der Waals surface area contributed by atoms with Gasteiger partial charge < -0.3 is 24.8 Å². The monoisotopic (exact) mass is 357 g/mol. The third-order valence-electron chi connectivity index (χ3n) is 3.93. The Labute approximate surface area is 155 Å². The number of aliphatic imine (C=N–C) groups is 1. The fourth-order valence-electron chi connectivity index (χ4n) is 2.55. The maximum atomic E-state index is 9.90. The Hall–Kier alpha value is -2.89. The van der Waals surface area contributed by atoms with E-state index in [1.54, 1.807) is 19.2 Å². The number of guanidine groups is 1. The molecule has 0 heterocycles. The number of ether oxygens (including phenoxy) is 2. The number of aromatic hydroxyl groups is 1. The van der Waals surface area contributed by atoms with Crippen LogP contribution >= 0.6 is 0 Å². The predicted octanol–water partition coefficient (Wildman–Crippen LogP) is 3.01. The number of hydrogen-bond acceptors (Lipinski definition) is 4. The van der Waals surface area contributed by atoms with Crippen molar-refractivity contribution in [3.63, 3.8) is 0 Å². The van der Waals surface area contributed by atoms with Crippen molar-refractivity contribution in [1.82, 2.24) is 10.2 Å². The summed E-state index contributed by atoms with van der Waals surface area (Å²) in [6, 6.07) is 13.3. The first-order chi connectivity index (χ1) is 12.6. The smallest absolute Gasteiger partial charge is 0.194 e. The molecule has 0 unspecified atom stereocenters. The Morgan fingerprint density at radius 3 is 2.35 bits per heavy atom. The van der Waals surface area contributed by atoms with Crippen LogP contribution in [0, 0.1) is 0 Å². The molecule has 0 fully saturated rings. The van der Waals surface area contributed by atoms with Crippen molar-refractivity contribution in [2.45, 2.75) is 20.0 Å². The van der Waals surface area contributed by atoms with E-state index < -0.39 is 0 Å². The summed E-state index contributed by atoms with van der Waals surface area (Å²) >= 11 is 0. The minimum Gasteiger partial charge on any atom is -0.504 e. The fraction of sp³-hybridized carbons (Fsp3) is 0.350. The van der Waals surface area contributed by atoms with Crippen LogP contribution in [0.25, 0.3) is 0 Å². The van der Waals surface area contributed by atoms with Crippen LogP contribution < -0.4 is 14.8 Å². The molecule has 0 saturated carbocycles. The van der Waals surface area contributed by atoms with Gasteiger partial charge >= 0.3 is 0 Å². The van der Waals surface area contributed by atoms with Crippen LogP contribution in [0.2, 0.25) is 0 Å². The van der Waals surface area contributed by atoms with Crippen LogP contribution in [-0.4, -0.2) is 43.8 Å². The van der Waals surface area contributed by atoms with Gasteiger partial charge in [-0.15, -0.1) is 0 Å².